The summed E-state index contributed by atoms with van der Waals surface area (Å²) in [5, 5.41) is 0. The first kappa shape index (κ1) is 12.2. The van der Waals surface area contributed by atoms with Gasteiger partial charge >= 0.3 is 0 Å². The number of imidazole rings is 1. The van der Waals surface area contributed by atoms with Crippen molar-refractivity contribution in [3.05, 3.63) is 30.1 Å². The fourth-order valence-corrected chi connectivity index (χ4v) is 2.27. The molecule has 0 aliphatic rings. The Labute approximate surface area is 104 Å². The molecular weight excluding hydrogens is 208 g/mol. The van der Waals surface area contributed by atoms with Crippen LogP contribution in [0, 0.1) is 5.41 Å². The molecule has 0 amide bonds. The molecule has 0 N–H and O–H groups in total. The van der Waals surface area contributed by atoms with Gasteiger partial charge in [-0.2, -0.15) is 0 Å². The van der Waals surface area contributed by atoms with Crippen molar-refractivity contribution in [2.24, 2.45) is 5.41 Å². The predicted molar refractivity (Wildman–Crippen MR) is 73.3 cm³/mol. The lowest BCUT2D eigenvalue weighted by Crippen LogP contribution is -2.15. The summed E-state index contributed by atoms with van der Waals surface area (Å²) in [6, 6.07) is 8.86. The largest absolute Gasteiger partial charge is 0.325 e. The zero-order valence-corrected chi connectivity index (χ0v) is 11.5. The van der Waals surface area contributed by atoms with Gasteiger partial charge in [-0.05, 0) is 31.4 Å². The average Bonchev–Trinajstić information content (AvgIpc) is 2.51. The summed E-state index contributed by atoms with van der Waals surface area (Å²) in [6.45, 7) is 11.2. The predicted octanol–water partition coefficient (Wildman–Crippen LogP) is 4.21. The van der Waals surface area contributed by atoms with E-state index in [-0.39, 0.29) is 5.41 Å². The van der Waals surface area contributed by atoms with E-state index in [1.54, 1.807) is 0 Å². The van der Waals surface area contributed by atoms with Crippen LogP contribution in [0.2, 0.25) is 0 Å². The summed E-state index contributed by atoms with van der Waals surface area (Å²) in [4.78, 5) is 4.78. The SMILES string of the molecule is CC(C)n1c(CC(C)(C)C)nc2ccccc21. The minimum Gasteiger partial charge on any atom is -0.325 e. The van der Waals surface area contributed by atoms with Crippen LogP contribution >= 0.6 is 0 Å². The number of benzene rings is 1. The van der Waals surface area contributed by atoms with Gasteiger partial charge in [-0.25, -0.2) is 4.98 Å². The average molecular weight is 230 g/mol. The van der Waals surface area contributed by atoms with Crippen LogP contribution in [-0.2, 0) is 6.42 Å². The van der Waals surface area contributed by atoms with Crippen molar-refractivity contribution in [2.45, 2.75) is 47.1 Å². The second-order valence-electron chi connectivity index (χ2n) is 6.22. The molecule has 0 fully saturated rings. The maximum atomic E-state index is 4.78. The second kappa shape index (κ2) is 4.17. The summed E-state index contributed by atoms with van der Waals surface area (Å²) in [5.74, 6) is 1.20. The van der Waals surface area contributed by atoms with Crippen LogP contribution in [0.3, 0.4) is 0 Å². The van der Waals surface area contributed by atoms with Crippen molar-refractivity contribution in [3.8, 4) is 0 Å². The highest BCUT2D eigenvalue weighted by molar-refractivity contribution is 5.76. The van der Waals surface area contributed by atoms with E-state index in [0.717, 1.165) is 11.9 Å². The van der Waals surface area contributed by atoms with Gasteiger partial charge in [-0.15, -0.1) is 0 Å². The highest BCUT2D eigenvalue weighted by Crippen LogP contribution is 2.26. The van der Waals surface area contributed by atoms with Crippen LogP contribution in [0.25, 0.3) is 11.0 Å². The fraction of sp³-hybridized carbons (Fsp3) is 0.533. The molecule has 0 radical (unpaired) electrons. The molecule has 17 heavy (non-hydrogen) atoms. The smallest absolute Gasteiger partial charge is 0.110 e. The molecular formula is C15H22N2. The molecule has 0 bridgehead atoms. The maximum Gasteiger partial charge on any atom is 0.110 e. The monoisotopic (exact) mass is 230 g/mol. The van der Waals surface area contributed by atoms with Gasteiger partial charge in [-0.1, -0.05) is 32.9 Å². The minimum absolute atomic E-state index is 0.272. The molecule has 2 rings (SSSR count). The summed E-state index contributed by atoms with van der Waals surface area (Å²) in [7, 11) is 0. The van der Waals surface area contributed by atoms with Crippen molar-refractivity contribution < 1.29 is 0 Å². The van der Waals surface area contributed by atoms with Gasteiger partial charge in [0.05, 0.1) is 11.0 Å². The quantitative estimate of drug-likeness (QED) is 0.755. The van der Waals surface area contributed by atoms with Crippen molar-refractivity contribution in [1.82, 2.24) is 9.55 Å². The zero-order chi connectivity index (χ0) is 12.6. The van der Waals surface area contributed by atoms with E-state index in [0.29, 0.717) is 6.04 Å². The van der Waals surface area contributed by atoms with Crippen LogP contribution in [0.1, 0.15) is 46.5 Å². The summed E-state index contributed by atoms with van der Waals surface area (Å²) >= 11 is 0. The first-order chi connectivity index (χ1) is 7.88. The summed E-state index contributed by atoms with van der Waals surface area (Å²) in [6.07, 6.45) is 1.01. The van der Waals surface area contributed by atoms with E-state index in [2.05, 4.69) is 63.5 Å². The number of fused-ring (bicyclic) bond motifs is 1. The lowest BCUT2D eigenvalue weighted by molar-refractivity contribution is 0.388. The van der Waals surface area contributed by atoms with E-state index in [4.69, 9.17) is 4.98 Å². The number of hydrogen-bond donors (Lipinski definition) is 0. The first-order valence-electron chi connectivity index (χ1n) is 6.34. The number of nitrogens with zero attached hydrogens (tertiary/aromatic N) is 2. The molecule has 0 unspecified atom stereocenters. The molecule has 1 aromatic heterocycles. The molecule has 0 atom stereocenters. The highest BCUT2D eigenvalue weighted by Gasteiger charge is 2.19. The van der Waals surface area contributed by atoms with Crippen LogP contribution in [-0.4, -0.2) is 9.55 Å². The van der Waals surface area contributed by atoms with Gasteiger partial charge in [0, 0.05) is 12.5 Å². The number of hydrogen-bond acceptors (Lipinski definition) is 1. The third-order valence-electron chi connectivity index (χ3n) is 2.87. The molecule has 0 saturated carbocycles. The second-order valence-corrected chi connectivity index (χ2v) is 6.22. The van der Waals surface area contributed by atoms with E-state index >= 15 is 0 Å². The Morgan fingerprint density at radius 2 is 1.82 bits per heavy atom. The minimum atomic E-state index is 0.272. The first-order valence-corrected chi connectivity index (χ1v) is 6.34. The Balaban J connectivity index is 2.58. The molecule has 0 saturated heterocycles. The van der Waals surface area contributed by atoms with E-state index in [1.165, 1.54) is 11.3 Å². The number of rotatable bonds is 2. The Morgan fingerprint density at radius 3 is 2.41 bits per heavy atom. The van der Waals surface area contributed by atoms with Gasteiger partial charge in [0.1, 0.15) is 5.82 Å². The van der Waals surface area contributed by atoms with Crippen LogP contribution in [0.15, 0.2) is 24.3 Å². The van der Waals surface area contributed by atoms with Crippen molar-refractivity contribution in [3.63, 3.8) is 0 Å². The molecule has 1 heterocycles. The van der Waals surface area contributed by atoms with Crippen molar-refractivity contribution in [2.75, 3.05) is 0 Å². The van der Waals surface area contributed by atoms with E-state index < -0.39 is 0 Å². The Hall–Kier alpha value is -1.31. The van der Waals surface area contributed by atoms with Crippen molar-refractivity contribution in [1.29, 1.82) is 0 Å². The van der Waals surface area contributed by atoms with Gasteiger partial charge in [0.25, 0.3) is 0 Å². The zero-order valence-electron chi connectivity index (χ0n) is 11.5. The number of aromatic nitrogens is 2. The molecule has 2 aromatic rings. The Morgan fingerprint density at radius 1 is 1.18 bits per heavy atom. The van der Waals surface area contributed by atoms with Crippen molar-refractivity contribution >= 4 is 11.0 Å². The molecule has 2 nitrogen and oxygen atoms in total. The van der Waals surface area contributed by atoms with E-state index in [1.807, 2.05) is 0 Å². The van der Waals surface area contributed by atoms with Crippen LogP contribution in [0.5, 0.6) is 0 Å². The fourth-order valence-electron chi connectivity index (χ4n) is 2.27. The summed E-state index contributed by atoms with van der Waals surface area (Å²) in [5.41, 5.74) is 2.63. The topological polar surface area (TPSA) is 17.8 Å². The Kier molecular flexibility index (Phi) is 2.98. The Bertz CT molecular complexity index is 515. The molecule has 92 valence electrons. The normalized spacial score (nSPS) is 12.6. The molecule has 1 aromatic carbocycles. The summed E-state index contributed by atoms with van der Waals surface area (Å²) < 4.78 is 2.36. The van der Waals surface area contributed by atoms with Gasteiger partial charge in [0.15, 0.2) is 0 Å². The highest BCUT2D eigenvalue weighted by atomic mass is 15.1. The third kappa shape index (κ3) is 2.51. The molecule has 0 aliphatic heterocycles. The number of para-hydroxylation sites is 2. The van der Waals surface area contributed by atoms with Crippen LogP contribution < -0.4 is 0 Å². The molecule has 2 heteroatoms. The maximum absolute atomic E-state index is 4.78. The van der Waals surface area contributed by atoms with Gasteiger partial charge < -0.3 is 4.57 Å². The lowest BCUT2D eigenvalue weighted by Gasteiger charge is -2.20. The lowest BCUT2D eigenvalue weighted by atomic mass is 9.92. The van der Waals surface area contributed by atoms with E-state index in [9.17, 15) is 0 Å². The van der Waals surface area contributed by atoms with Gasteiger partial charge in [0.2, 0.25) is 0 Å². The third-order valence-corrected chi connectivity index (χ3v) is 2.87. The molecule has 0 spiro atoms. The van der Waals surface area contributed by atoms with Gasteiger partial charge in [-0.3, -0.25) is 0 Å². The molecule has 0 aliphatic carbocycles. The van der Waals surface area contributed by atoms with Crippen LogP contribution in [0.4, 0.5) is 0 Å². The standard InChI is InChI=1S/C15H22N2/c1-11(2)17-13-9-7-6-8-12(13)16-14(17)10-15(3,4)5/h6-9,11H,10H2,1-5H3.